The Morgan fingerprint density at radius 1 is 0.972 bits per heavy atom. The minimum Gasteiger partial charge on any atom is -0.482 e. The van der Waals surface area contributed by atoms with Crippen LogP contribution in [0.2, 0.25) is 0 Å². The van der Waals surface area contributed by atoms with E-state index in [1.165, 1.54) is 0 Å². The first-order chi connectivity index (χ1) is 16.9. The Morgan fingerprint density at radius 3 is 2.33 bits per heavy atom. The number of carbonyl (C=O) groups is 1. The van der Waals surface area contributed by atoms with Crippen LogP contribution in [0.5, 0.6) is 5.75 Å². The van der Waals surface area contributed by atoms with Crippen molar-refractivity contribution < 1.29 is 22.7 Å². The fourth-order valence-corrected chi connectivity index (χ4v) is 3.89. The van der Waals surface area contributed by atoms with Crippen LogP contribution in [0.1, 0.15) is 50.7 Å². The summed E-state index contributed by atoms with van der Waals surface area (Å²) in [7, 11) is 0. The van der Waals surface area contributed by atoms with Gasteiger partial charge in [0.05, 0.1) is 5.69 Å². The third-order valence-corrected chi connectivity index (χ3v) is 5.88. The predicted octanol–water partition coefficient (Wildman–Crippen LogP) is 5.37. The topological polar surface area (TPSA) is 61.8 Å². The van der Waals surface area contributed by atoms with E-state index >= 15 is 0 Å². The second kappa shape index (κ2) is 9.83. The van der Waals surface area contributed by atoms with Crippen molar-refractivity contribution >= 4 is 17.4 Å². The molecule has 10 heteroatoms. The van der Waals surface area contributed by atoms with E-state index in [9.17, 15) is 18.0 Å². The molecule has 2 aromatic rings. The lowest BCUT2D eigenvalue weighted by Crippen LogP contribution is -2.39. The smallest absolute Gasteiger partial charge is 0.433 e. The normalized spacial score (nSPS) is 15.9. The summed E-state index contributed by atoms with van der Waals surface area (Å²) in [6.07, 6.45) is 4.00. The number of aromatic nitrogens is 2. The van der Waals surface area contributed by atoms with E-state index in [1.54, 1.807) is 55.4 Å². The number of halogens is 3. The molecule has 1 aromatic carbocycles. The summed E-state index contributed by atoms with van der Waals surface area (Å²) in [5, 5.41) is 0. The monoisotopic (exact) mass is 501 g/mol. The van der Waals surface area contributed by atoms with E-state index in [-0.39, 0.29) is 24.2 Å². The lowest BCUT2D eigenvalue weighted by Gasteiger charge is -2.30. The Bertz CT molecular complexity index is 1140. The molecular formula is C26H30F3N5O2. The number of carbonyl (C=O) groups excluding carboxylic acids is 1. The van der Waals surface area contributed by atoms with Crippen LogP contribution >= 0.6 is 0 Å². The average molecular weight is 502 g/mol. The maximum atomic E-state index is 13.4. The molecule has 0 fully saturated rings. The van der Waals surface area contributed by atoms with Gasteiger partial charge in [-0.3, -0.25) is 4.79 Å². The lowest BCUT2D eigenvalue weighted by molar-refractivity contribution is -0.141. The SMILES string of the molecule is Cc1ccc2c(c1)N(CCCCN1C=CN(c3cc(C(F)(F)F)nc(C(C)(C)C)n3)C=C1)C(=O)CO2. The van der Waals surface area contributed by atoms with Gasteiger partial charge in [0.1, 0.15) is 23.1 Å². The molecule has 3 heterocycles. The number of ether oxygens (including phenoxy) is 1. The summed E-state index contributed by atoms with van der Waals surface area (Å²) < 4.78 is 45.8. The molecule has 36 heavy (non-hydrogen) atoms. The van der Waals surface area contributed by atoms with Crippen molar-refractivity contribution in [1.82, 2.24) is 14.9 Å². The molecule has 0 saturated carbocycles. The molecule has 0 unspecified atom stereocenters. The van der Waals surface area contributed by atoms with Crippen molar-refractivity contribution in [3.05, 3.63) is 66.1 Å². The minimum absolute atomic E-state index is 0.0412. The average Bonchev–Trinajstić information content (AvgIpc) is 2.82. The van der Waals surface area contributed by atoms with E-state index in [0.29, 0.717) is 13.1 Å². The van der Waals surface area contributed by atoms with Crippen molar-refractivity contribution in [2.24, 2.45) is 0 Å². The Morgan fingerprint density at radius 2 is 1.67 bits per heavy atom. The standard InChI is InChI=1S/C26H30F3N5O2/c1-18-7-8-20-19(15-18)34(23(35)17-36-20)10-6-5-9-32-11-13-33(14-12-32)22-16-21(26(27,28)29)30-24(31-22)25(2,3)4/h7-8,11-16H,5-6,9-10,17H2,1-4H3. The van der Waals surface area contributed by atoms with Crippen molar-refractivity contribution in [1.29, 1.82) is 0 Å². The van der Waals surface area contributed by atoms with Crippen LogP contribution in [0.3, 0.4) is 0 Å². The zero-order chi connectivity index (χ0) is 26.1. The summed E-state index contributed by atoms with van der Waals surface area (Å²) in [5.74, 6) is 0.953. The first kappa shape index (κ1) is 25.5. The van der Waals surface area contributed by atoms with Crippen LogP contribution in [0.15, 0.2) is 49.1 Å². The van der Waals surface area contributed by atoms with Crippen molar-refractivity contribution in [3.63, 3.8) is 0 Å². The molecule has 2 aliphatic rings. The third-order valence-electron chi connectivity index (χ3n) is 5.88. The number of anilines is 2. The van der Waals surface area contributed by atoms with Gasteiger partial charge in [-0.15, -0.1) is 0 Å². The Balaban J connectivity index is 1.35. The maximum absolute atomic E-state index is 13.4. The predicted molar refractivity (Wildman–Crippen MR) is 131 cm³/mol. The van der Waals surface area contributed by atoms with Gasteiger partial charge in [-0.1, -0.05) is 26.8 Å². The number of amides is 1. The second-order valence-corrected chi connectivity index (χ2v) is 9.94. The van der Waals surface area contributed by atoms with E-state index in [2.05, 4.69) is 9.97 Å². The van der Waals surface area contributed by atoms with Gasteiger partial charge in [-0.25, -0.2) is 9.97 Å². The van der Waals surface area contributed by atoms with Crippen LogP contribution in [-0.4, -0.2) is 40.5 Å². The number of benzene rings is 1. The first-order valence-corrected chi connectivity index (χ1v) is 11.8. The van der Waals surface area contributed by atoms with Gasteiger partial charge in [0.2, 0.25) is 0 Å². The molecule has 0 bridgehead atoms. The Hall–Kier alpha value is -3.56. The zero-order valence-electron chi connectivity index (χ0n) is 20.8. The summed E-state index contributed by atoms with van der Waals surface area (Å²) in [6, 6.07) is 6.76. The molecule has 0 saturated heterocycles. The van der Waals surface area contributed by atoms with Crippen molar-refractivity contribution in [3.8, 4) is 5.75 Å². The summed E-state index contributed by atoms with van der Waals surface area (Å²) >= 11 is 0. The Kier molecular flexibility index (Phi) is 6.97. The number of rotatable bonds is 6. The second-order valence-electron chi connectivity index (χ2n) is 9.94. The zero-order valence-corrected chi connectivity index (χ0v) is 20.8. The summed E-state index contributed by atoms with van der Waals surface area (Å²) in [6.45, 7) is 8.64. The molecule has 192 valence electrons. The van der Waals surface area contributed by atoms with E-state index < -0.39 is 17.3 Å². The Labute approximate surface area is 208 Å². The van der Waals surface area contributed by atoms with Crippen LogP contribution in [-0.2, 0) is 16.4 Å². The number of nitrogens with zero attached hydrogens (tertiary/aromatic N) is 5. The highest BCUT2D eigenvalue weighted by Gasteiger charge is 2.35. The molecule has 0 aliphatic carbocycles. The van der Waals surface area contributed by atoms with Crippen LogP contribution in [0.4, 0.5) is 24.7 Å². The molecule has 7 nitrogen and oxygen atoms in total. The highest BCUT2D eigenvalue weighted by atomic mass is 19.4. The maximum Gasteiger partial charge on any atom is 0.433 e. The molecule has 1 aromatic heterocycles. The van der Waals surface area contributed by atoms with Crippen LogP contribution < -0.4 is 14.5 Å². The number of alkyl halides is 3. The fraction of sp³-hybridized carbons (Fsp3) is 0.423. The van der Waals surface area contributed by atoms with Gasteiger partial charge in [-0.2, -0.15) is 13.2 Å². The fourth-order valence-electron chi connectivity index (χ4n) is 3.89. The van der Waals surface area contributed by atoms with E-state index in [1.807, 2.05) is 30.0 Å². The molecule has 1 amide bonds. The highest BCUT2D eigenvalue weighted by molar-refractivity contribution is 5.97. The number of aryl methyl sites for hydroxylation is 1. The van der Waals surface area contributed by atoms with Gasteiger partial charge in [0, 0.05) is 49.4 Å². The summed E-state index contributed by atoms with van der Waals surface area (Å²) in [5.41, 5.74) is 0.270. The molecule has 0 atom stereocenters. The lowest BCUT2D eigenvalue weighted by atomic mass is 9.95. The summed E-state index contributed by atoms with van der Waals surface area (Å²) in [4.78, 5) is 25.8. The number of hydrogen-bond donors (Lipinski definition) is 0. The van der Waals surface area contributed by atoms with Gasteiger partial charge < -0.3 is 19.4 Å². The minimum atomic E-state index is -4.56. The molecule has 0 N–H and O–H groups in total. The van der Waals surface area contributed by atoms with Crippen LogP contribution in [0, 0.1) is 6.92 Å². The highest BCUT2D eigenvalue weighted by Crippen LogP contribution is 2.34. The molecule has 0 radical (unpaired) electrons. The largest absolute Gasteiger partial charge is 0.482 e. The number of unbranched alkanes of at least 4 members (excludes halogenated alkanes) is 1. The molecule has 2 aliphatic heterocycles. The number of hydrogen-bond acceptors (Lipinski definition) is 6. The van der Waals surface area contributed by atoms with Gasteiger partial charge in [0.25, 0.3) is 5.91 Å². The van der Waals surface area contributed by atoms with Crippen molar-refractivity contribution in [2.45, 2.75) is 52.1 Å². The van der Waals surface area contributed by atoms with Crippen LogP contribution in [0.25, 0.3) is 0 Å². The van der Waals surface area contributed by atoms with Crippen molar-refractivity contribution in [2.75, 3.05) is 29.5 Å². The van der Waals surface area contributed by atoms with Gasteiger partial charge in [-0.05, 0) is 37.5 Å². The molecule has 0 spiro atoms. The molecular weight excluding hydrogens is 471 g/mol. The number of fused-ring (bicyclic) bond motifs is 1. The van der Waals surface area contributed by atoms with Gasteiger partial charge >= 0.3 is 6.18 Å². The van der Waals surface area contributed by atoms with E-state index in [0.717, 1.165) is 35.9 Å². The first-order valence-electron chi connectivity index (χ1n) is 11.8. The third kappa shape index (κ3) is 5.80. The van der Waals surface area contributed by atoms with E-state index in [4.69, 9.17) is 4.74 Å². The quantitative estimate of drug-likeness (QED) is 0.496. The van der Waals surface area contributed by atoms with Gasteiger partial charge in [0.15, 0.2) is 6.61 Å². The molecule has 4 rings (SSSR count).